The maximum absolute atomic E-state index is 12.6. The summed E-state index contributed by atoms with van der Waals surface area (Å²) in [6, 6.07) is 12.8. The molecule has 29 heavy (non-hydrogen) atoms. The number of ether oxygens (including phenoxy) is 1. The van der Waals surface area contributed by atoms with Crippen LogP contribution in [-0.4, -0.2) is 43.1 Å². The Balaban J connectivity index is 1.47. The van der Waals surface area contributed by atoms with Crippen LogP contribution in [-0.2, 0) is 0 Å². The normalized spacial score (nSPS) is 13.7. The molecule has 1 aliphatic rings. The molecule has 0 unspecified atom stereocenters. The Kier molecular flexibility index (Phi) is 7.11. The Morgan fingerprint density at radius 1 is 1.00 bits per heavy atom. The van der Waals surface area contributed by atoms with E-state index in [2.05, 4.69) is 10.6 Å². The van der Waals surface area contributed by atoms with Crippen LogP contribution in [0.15, 0.2) is 42.5 Å². The van der Waals surface area contributed by atoms with Gasteiger partial charge in [-0.25, -0.2) is 4.79 Å². The standard InChI is InChI=1S/C23H29N3O3/c1-17-8-6-9-18(2)21(17)29-15-12-24-23(28)25-20-11-7-10-19(16-20)22(27)26-13-4-3-5-14-26/h6-11,16H,3-5,12-15H2,1-2H3,(H2,24,25,28). The molecule has 3 amide bonds. The van der Waals surface area contributed by atoms with E-state index < -0.39 is 0 Å². The van der Waals surface area contributed by atoms with Crippen LogP contribution in [0.2, 0.25) is 0 Å². The molecule has 3 rings (SSSR count). The molecular formula is C23H29N3O3. The average molecular weight is 396 g/mol. The third kappa shape index (κ3) is 5.73. The van der Waals surface area contributed by atoms with Crippen LogP contribution in [0.1, 0.15) is 40.7 Å². The molecule has 1 heterocycles. The van der Waals surface area contributed by atoms with Crippen LogP contribution < -0.4 is 15.4 Å². The zero-order valence-corrected chi connectivity index (χ0v) is 17.2. The lowest BCUT2D eigenvalue weighted by molar-refractivity contribution is 0.0724. The van der Waals surface area contributed by atoms with E-state index in [1.807, 2.05) is 36.9 Å². The number of benzene rings is 2. The molecule has 6 heteroatoms. The first-order chi connectivity index (χ1) is 14.0. The molecule has 1 aliphatic heterocycles. The van der Waals surface area contributed by atoms with Crippen molar-refractivity contribution in [1.29, 1.82) is 0 Å². The van der Waals surface area contributed by atoms with Gasteiger partial charge in [0.25, 0.3) is 5.91 Å². The number of hydrogen-bond donors (Lipinski definition) is 2. The molecule has 0 saturated carbocycles. The van der Waals surface area contributed by atoms with Crippen molar-refractivity contribution in [3.63, 3.8) is 0 Å². The third-order valence-corrected chi connectivity index (χ3v) is 5.05. The van der Waals surface area contributed by atoms with E-state index in [1.54, 1.807) is 24.3 Å². The Morgan fingerprint density at radius 3 is 2.41 bits per heavy atom. The number of aryl methyl sites for hydroxylation is 2. The second-order valence-corrected chi connectivity index (χ2v) is 7.38. The van der Waals surface area contributed by atoms with Crippen molar-refractivity contribution in [3.8, 4) is 5.75 Å². The molecule has 154 valence electrons. The van der Waals surface area contributed by atoms with Crippen LogP contribution in [0.3, 0.4) is 0 Å². The number of para-hydroxylation sites is 1. The molecule has 0 bridgehead atoms. The SMILES string of the molecule is Cc1cccc(C)c1OCCNC(=O)Nc1cccc(C(=O)N2CCCCC2)c1. The molecule has 2 aromatic rings. The van der Waals surface area contributed by atoms with Gasteiger partial charge in [-0.1, -0.05) is 24.3 Å². The highest BCUT2D eigenvalue weighted by Gasteiger charge is 2.18. The van der Waals surface area contributed by atoms with Gasteiger partial charge in [-0.15, -0.1) is 0 Å². The number of nitrogens with zero attached hydrogens (tertiary/aromatic N) is 1. The molecule has 2 aromatic carbocycles. The summed E-state index contributed by atoms with van der Waals surface area (Å²) >= 11 is 0. The van der Waals surface area contributed by atoms with E-state index >= 15 is 0 Å². The Hall–Kier alpha value is -3.02. The zero-order valence-electron chi connectivity index (χ0n) is 17.2. The van der Waals surface area contributed by atoms with Crippen LogP contribution in [0.25, 0.3) is 0 Å². The molecule has 0 aromatic heterocycles. The van der Waals surface area contributed by atoms with Crippen molar-refractivity contribution in [3.05, 3.63) is 59.2 Å². The summed E-state index contributed by atoms with van der Waals surface area (Å²) in [4.78, 5) is 26.7. The van der Waals surface area contributed by atoms with Gasteiger partial charge in [-0.05, 0) is 62.4 Å². The fraction of sp³-hybridized carbons (Fsp3) is 0.391. The monoisotopic (exact) mass is 395 g/mol. The summed E-state index contributed by atoms with van der Waals surface area (Å²) in [6.07, 6.45) is 3.28. The maximum atomic E-state index is 12.6. The van der Waals surface area contributed by atoms with Gasteiger partial charge in [-0.3, -0.25) is 4.79 Å². The van der Waals surface area contributed by atoms with E-state index in [1.165, 1.54) is 6.42 Å². The lowest BCUT2D eigenvalue weighted by atomic mass is 10.1. The van der Waals surface area contributed by atoms with Crippen molar-refractivity contribution >= 4 is 17.6 Å². The lowest BCUT2D eigenvalue weighted by Gasteiger charge is -2.26. The van der Waals surface area contributed by atoms with E-state index in [0.29, 0.717) is 24.4 Å². The molecule has 0 radical (unpaired) electrons. The molecule has 0 atom stereocenters. The summed E-state index contributed by atoms with van der Waals surface area (Å²) in [5.74, 6) is 0.884. The first kappa shape index (κ1) is 20.7. The van der Waals surface area contributed by atoms with E-state index in [4.69, 9.17) is 4.74 Å². The minimum Gasteiger partial charge on any atom is -0.491 e. The minimum absolute atomic E-state index is 0.0239. The topological polar surface area (TPSA) is 70.7 Å². The second kappa shape index (κ2) is 9.96. The number of rotatable bonds is 6. The van der Waals surface area contributed by atoms with Crippen LogP contribution >= 0.6 is 0 Å². The Bertz CT molecular complexity index is 840. The fourth-order valence-corrected chi connectivity index (χ4v) is 3.53. The summed E-state index contributed by atoms with van der Waals surface area (Å²) in [6.45, 7) is 6.37. The first-order valence-corrected chi connectivity index (χ1v) is 10.2. The van der Waals surface area contributed by atoms with Gasteiger partial charge >= 0.3 is 6.03 Å². The fourth-order valence-electron chi connectivity index (χ4n) is 3.53. The summed E-state index contributed by atoms with van der Waals surface area (Å²) in [7, 11) is 0. The second-order valence-electron chi connectivity index (χ2n) is 7.38. The average Bonchev–Trinajstić information content (AvgIpc) is 2.73. The van der Waals surface area contributed by atoms with Crippen molar-refractivity contribution < 1.29 is 14.3 Å². The first-order valence-electron chi connectivity index (χ1n) is 10.2. The summed E-state index contributed by atoms with van der Waals surface area (Å²) in [5.41, 5.74) is 3.35. The van der Waals surface area contributed by atoms with Gasteiger partial charge in [0.05, 0.1) is 6.54 Å². The molecular weight excluding hydrogens is 366 g/mol. The lowest BCUT2D eigenvalue weighted by Crippen LogP contribution is -2.35. The molecule has 0 aliphatic carbocycles. The van der Waals surface area contributed by atoms with E-state index in [9.17, 15) is 9.59 Å². The predicted octanol–water partition coefficient (Wildman–Crippen LogP) is 4.13. The van der Waals surface area contributed by atoms with Crippen molar-refractivity contribution in [2.24, 2.45) is 0 Å². The molecule has 0 spiro atoms. The van der Waals surface area contributed by atoms with Crippen LogP contribution in [0, 0.1) is 13.8 Å². The van der Waals surface area contributed by atoms with Gasteiger partial charge in [-0.2, -0.15) is 0 Å². The predicted molar refractivity (Wildman–Crippen MR) is 115 cm³/mol. The number of carbonyl (C=O) groups excluding carboxylic acids is 2. The Labute approximate surface area is 172 Å². The molecule has 6 nitrogen and oxygen atoms in total. The maximum Gasteiger partial charge on any atom is 0.319 e. The summed E-state index contributed by atoms with van der Waals surface area (Å²) in [5, 5.41) is 5.57. The number of urea groups is 1. The van der Waals surface area contributed by atoms with Gasteiger partial charge in [0.2, 0.25) is 0 Å². The number of anilines is 1. The van der Waals surface area contributed by atoms with Crippen LogP contribution in [0.4, 0.5) is 10.5 Å². The quantitative estimate of drug-likeness (QED) is 0.723. The highest BCUT2D eigenvalue weighted by molar-refractivity contribution is 5.97. The van der Waals surface area contributed by atoms with E-state index in [0.717, 1.165) is 42.8 Å². The number of nitrogens with one attached hydrogen (secondary N) is 2. The number of piperidine rings is 1. The highest BCUT2D eigenvalue weighted by Crippen LogP contribution is 2.22. The van der Waals surface area contributed by atoms with Crippen molar-refractivity contribution in [1.82, 2.24) is 10.2 Å². The van der Waals surface area contributed by atoms with Gasteiger partial charge in [0.1, 0.15) is 12.4 Å². The molecule has 1 fully saturated rings. The van der Waals surface area contributed by atoms with E-state index in [-0.39, 0.29) is 11.9 Å². The van der Waals surface area contributed by atoms with Gasteiger partial charge < -0.3 is 20.3 Å². The smallest absolute Gasteiger partial charge is 0.319 e. The summed E-state index contributed by atoms with van der Waals surface area (Å²) < 4.78 is 5.79. The number of likely N-dealkylation sites (tertiary alicyclic amines) is 1. The number of carbonyl (C=O) groups is 2. The van der Waals surface area contributed by atoms with Gasteiger partial charge in [0.15, 0.2) is 0 Å². The van der Waals surface area contributed by atoms with Gasteiger partial charge in [0, 0.05) is 24.3 Å². The highest BCUT2D eigenvalue weighted by atomic mass is 16.5. The molecule has 1 saturated heterocycles. The third-order valence-electron chi connectivity index (χ3n) is 5.05. The van der Waals surface area contributed by atoms with Crippen molar-refractivity contribution in [2.75, 3.05) is 31.6 Å². The molecule has 2 N–H and O–H groups in total. The number of hydrogen-bond acceptors (Lipinski definition) is 3. The van der Waals surface area contributed by atoms with Crippen molar-refractivity contribution in [2.45, 2.75) is 33.1 Å². The number of amides is 3. The zero-order chi connectivity index (χ0) is 20.6. The largest absolute Gasteiger partial charge is 0.491 e. The Morgan fingerprint density at radius 2 is 1.69 bits per heavy atom. The minimum atomic E-state index is -0.322. The van der Waals surface area contributed by atoms with Crippen LogP contribution in [0.5, 0.6) is 5.75 Å².